The van der Waals surface area contributed by atoms with Crippen LogP contribution in [-0.4, -0.2) is 68.7 Å². The van der Waals surface area contributed by atoms with E-state index in [0.717, 1.165) is 22.9 Å². The molecule has 34 heavy (non-hydrogen) atoms. The fourth-order valence-electron chi connectivity index (χ4n) is 3.97. The second-order valence-corrected chi connectivity index (χ2v) is 8.06. The van der Waals surface area contributed by atoms with E-state index in [2.05, 4.69) is 20.4 Å². The topological polar surface area (TPSA) is 76.4 Å². The maximum absolute atomic E-state index is 13.6. The highest BCUT2D eigenvalue weighted by Gasteiger charge is 2.23. The van der Waals surface area contributed by atoms with Gasteiger partial charge in [-0.3, -0.25) is 9.69 Å². The number of amides is 1. The summed E-state index contributed by atoms with van der Waals surface area (Å²) in [5, 5.41) is 13.8. The summed E-state index contributed by atoms with van der Waals surface area (Å²) in [5.74, 6) is -0.791. The summed E-state index contributed by atoms with van der Waals surface area (Å²) < 4.78 is 34.0. The van der Waals surface area contributed by atoms with E-state index in [-0.39, 0.29) is 12.5 Å². The van der Waals surface area contributed by atoms with Gasteiger partial charge in [-0.25, -0.2) is 8.78 Å². The van der Waals surface area contributed by atoms with Crippen LogP contribution in [0.5, 0.6) is 5.75 Å². The lowest BCUT2D eigenvalue weighted by molar-refractivity contribution is -0.135. The molecular formula is C24H22F2N6O2. The van der Waals surface area contributed by atoms with Crippen LogP contribution in [-0.2, 0) is 11.3 Å². The zero-order chi connectivity index (χ0) is 23.5. The molecule has 1 amide bonds. The molecule has 0 atom stereocenters. The van der Waals surface area contributed by atoms with E-state index in [1.165, 1.54) is 10.7 Å². The summed E-state index contributed by atoms with van der Waals surface area (Å²) in [6.07, 6.45) is 0. The Hall–Kier alpha value is -3.92. The van der Waals surface area contributed by atoms with E-state index in [9.17, 15) is 13.6 Å². The minimum Gasteiger partial charge on any atom is -0.484 e. The van der Waals surface area contributed by atoms with Gasteiger partial charge in [0.05, 0.1) is 12.2 Å². The first-order valence-corrected chi connectivity index (χ1v) is 10.9. The van der Waals surface area contributed by atoms with Gasteiger partial charge in [-0.1, -0.05) is 30.3 Å². The third-order valence-electron chi connectivity index (χ3n) is 5.86. The molecule has 0 unspecified atom stereocenters. The summed E-state index contributed by atoms with van der Waals surface area (Å²) in [6.45, 7) is 2.76. The number of tetrazole rings is 1. The van der Waals surface area contributed by atoms with Crippen molar-refractivity contribution in [2.24, 2.45) is 0 Å². The van der Waals surface area contributed by atoms with Crippen LogP contribution < -0.4 is 4.74 Å². The molecule has 0 saturated carbocycles. The molecule has 5 rings (SSSR count). The van der Waals surface area contributed by atoms with Crippen LogP contribution in [0.25, 0.3) is 16.5 Å². The summed E-state index contributed by atoms with van der Waals surface area (Å²) >= 11 is 0. The van der Waals surface area contributed by atoms with Gasteiger partial charge in [0.15, 0.2) is 24.1 Å². The van der Waals surface area contributed by atoms with E-state index in [4.69, 9.17) is 4.74 Å². The zero-order valence-corrected chi connectivity index (χ0v) is 18.3. The molecule has 4 aromatic rings. The molecular weight excluding hydrogens is 442 g/mol. The van der Waals surface area contributed by atoms with Gasteiger partial charge >= 0.3 is 0 Å². The third kappa shape index (κ3) is 4.72. The number of ether oxygens (including phenoxy) is 1. The fraction of sp³-hybridized carbons (Fsp3) is 0.250. The average Bonchev–Trinajstić information content (AvgIpc) is 3.32. The lowest BCUT2D eigenvalue weighted by Crippen LogP contribution is -2.49. The number of hydrogen-bond acceptors (Lipinski definition) is 6. The monoisotopic (exact) mass is 464 g/mol. The van der Waals surface area contributed by atoms with Crippen molar-refractivity contribution in [3.63, 3.8) is 0 Å². The molecule has 8 nitrogen and oxygen atoms in total. The zero-order valence-electron chi connectivity index (χ0n) is 18.3. The number of fused-ring (bicyclic) bond motifs is 1. The van der Waals surface area contributed by atoms with Gasteiger partial charge in [-0.15, -0.1) is 5.10 Å². The Balaban J connectivity index is 1.14. The number of halogens is 2. The summed E-state index contributed by atoms with van der Waals surface area (Å²) in [5.41, 5.74) is 0.346. The van der Waals surface area contributed by atoms with E-state index >= 15 is 0 Å². The molecule has 3 aromatic carbocycles. The van der Waals surface area contributed by atoms with Crippen molar-refractivity contribution in [3.05, 3.63) is 78.1 Å². The highest BCUT2D eigenvalue weighted by atomic mass is 19.2. The van der Waals surface area contributed by atoms with E-state index in [0.29, 0.717) is 50.0 Å². The number of hydrogen-bond donors (Lipinski definition) is 0. The minimum absolute atomic E-state index is 0.0211. The number of rotatable bonds is 6. The molecule has 0 radical (unpaired) electrons. The predicted molar refractivity (Wildman–Crippen MR) is 120 cm³/mol. The van der Waals surface area contributed by atoms with Gasteiger partial charge in [0.2, 0.25) is 0 Å². The molecule has 1 saturated heterocycles. The normalized spacial score (nSPS) is 14.5. The molecule has 0 N–H and O–H groups in total. The smallest absolute Gasteiger partial charge is 0.260 e. The number of carbonyl (C=O) groups excluding carboxylic acids is 1. The lowest BCUT2D eigenvalue weighted by atomic mass is 10.1. The highest BCUT2D eigenvalue weighted by Crippen LogP contribution is 2.21. The Morgan fingerprint density at radius 3 is 2.50 bits per heavy atom. The molecule has 1 fully saturated rings. The standard InChI is InChI=1S/C24H22F2N6O2/c25-21-8-6-19(14-22(21)26)32-23(27-28-29-32)15-30-9-11-31(12-10-30)24(33)16-34-20-7-5-17-3-1-2-4-18(17)13-20/h1-8,13-14H,9-12,15-16H2. The Labute approximate surface area is 194 Å². The SMILES string of the molecule is O=C(COc1ccc2ccccc2c1)N1CCN(Cc2nnnn2-c2ccc(F)c(F)c2)CC1. The van der Waals surface area contributed by atoms with Crippen molar-refractivity contribution in [2.45, 2.75) is 6.54 Å². The number of piperazine rings is 1. The molecule has 10 heteroatoms. The minimum atomic E-state index is -0.961. The van der Waals surface area contributed by atoms with Crippen LogP contribution in [0.4, 0.5) is 8.78 Å². The Morgan fingerprint density at radius 1 is 0.912 bits per heavy atom. The largest absolute Gasteiger partial charge is 0.484 e. The first-order chi connectivity index (χ1) is 16.6. The number of benzene rings is 3. The van der Waals surface area contributed by atoms with Gasteiger partial charge in [0, 0.05) is 32.2 Å². The van der Waals surface area contributed by atoms with Gasteiger partial charge in [0.25, 0.3) is 5.91 Å². The second kappa shape index (κ2) is 9.52. The Bertz CT molecular complexity index is 1320. The van der Waals surface area contributed by atoms with Gasteiger partial charge < -0.3 is 9.64 Å². The molecule has 174 valence electrons. The Morgan fingerprint density at radius 2 is 1.71 bits per heavy atom. The second-order valence-electron chi connectivity index (χ2n) is 8.06. The number of nitrogens with zero attached hydrogens (tertiary/aromatic N) is 6. The number of carbonyl (C=O) groups is 1. The molecule has 1 aliphatic heterocycles. The van der Waals surface area contributed by atoms with Crippen molar-refractivity contribution in [1.29, 1.82) is 0 Å². The average molecular weight is 464 g/mol. The van der Waals surface area contributed by atoms with Crippen LogP contribution in [0.15, 0.2) is 60.7 Å². The fourth-order valence-corrected chi connectivity index (χ4v) is 3.97. The van der Waals surface area contributed by atoms with Crippen molar-refractivity contribution < 1.29 is 18.3 Å². The first-order valence-electron chi connectivity index (χ1n) is 10.9. The molecule has 0 spiro atoms. The number of aromatic nitrogens is 4. The molecule has 1 aromatic heterocycles. The van der Waals surface area contributed by atoms with E-state index in [1.807, 2.05) is 42.5 Å². The van der Waals surface area contributed by atoms with Crippen LogP contribution in [0, 0.1) is 11.6 Å². The van der Waals surface area contributed by atoms with E-state index < -0.39 is 11.6 Å². The third-order valence-corrected chi connectivity index (χ3v) is 5.86. The molecule has 0 aliphatic carbocycles. The lowest BCUT2D eigenvalue weighted by Gasteiger charge is -2.34. The molecule has 1 aliphatic rings. The van der Waals surface area contributed by atoms with Crippen LogP contribution in [0.3, 0.4) is 0 Å². The maximum Gasteiger partial charge on any atom is 0.260 e. The summed E-state index contributed by atoms with van der Waals surface area (Å²) in [4.78, 5) is 16.5. The Kier molecular flexibility index (Phi) is 6.13. The predicted octanol–water partition coefficient (Wildman–Crippen LogP) is 2.82. The summed E-state index contributed by atoms with van der Waals surface area (Å²) in [6, 6.07) is 17.3. The molecule has 2 heterocycles. The highest BCUT2D eigenvalue weighted by molar-refractivity contribution is 5.84. The van der Waals surface area contributed by atoms with E-state index in [1.54, 1.807) is 4.90 Å². The van der Waals surface area contributed by atoms with Crippen LogP contribution in [0.2, 0.25) is 0 Å². The van der Waals surface area contributed by atoms with Gasteiger partial charge in [0.1, 0.15) is 5.75 Å². The summed E-state index contributed by atoms with van der Waals surface area (Å²) in [7, 11) is 0. The van der Waals surface area contributed by atoms with Crippen LogP contribution >= 0.6 is 0 Å². The first kappa shape index (κ1) is 21.9. The quantitative estimate of drug-likeness (QED) is 0.437. The van der Waals surface area contributed by atoms with Crippen molar-refractivity contribution in [2.75, 3.05) is 32.8 Å². The van der Waals surface area contributed by atoms with Gasteiger partial charge in [-0.2, -0.15) is 4.68 Å². The van der Waals surface area contributed by atoms with Crippen molar-refractivity contribution in [1.82, 2.24) is 30.0 Å². The van der Waals surface area contributed by atoms with Gasteiger partial charge in [-0.05, 0) is 45.5 Å². The van der Waals surface area contributed by atoms with Crippen LogP contribution in [0.1, 0.15) is 5.82 Å². The van der Waals surface area contributed by atoms with Crippen molar-refractivity contribution >= 4 is 16.7 Å². The van der Waals surface area contributed by atoms with Crippen molar-refractivity contribution in [3.8, 4) is 11.4 Å². The molecule has 0 bridgehead atoms. The maximum atomic E-state index is 13.6.